The minimum Gasteiger partial charge on any atom is -0.497 e. The Kier molecular flexibility index (Phi) is 4.90. The van der Waals surface area contributed by atoms with E-state index in [9.17, 15) is 4.79 Å². The molecule has 0 radical (unpaired) electrons. The van der Waals surface area contributed by atoms with Crippen LogP contribution in [-0.4, -0.2) is 30.1 Å². The Labute approximate surface area is 165 Å². The van der Waals surface area contributed by atoms with Crippen molar-refractivity contribution < 1.29 is 14.3 Å². The summed E-state index contributed by atoms with van der Waals surface area (Å²) in [7, 11) is 3.09. The van der Waals surface area contributed by atoms with Crippen molar-refractivity contribution in [2.24, 2.45) is 0 Å². The number of methoxy groups -OCH3 is 2. The third-order valence-electron chi connectivity index (χ3n) is 4.23. The van der Waals surface area contributed by atoms with Crippen molar-refractivity contribution in [2.75, 3.05) is 19.5 Å². The molecule has 6 nitrogen and oxygen atoms in total. The van der Waals surface area contributed by atoms with Crippen LogP contribution < -0.4 is 14.8 Å². The highest BCUT2D eigenvalue weighted by atomic mass is 32.1. The van der Waals surface area contributed by atoms with Gasteiger partial charge in [0.1, 0.15) is 22.0 Å². The molecule has 1 amide bonds. The molecular formula is C21H17N3O3S. The summed E-state index contributed by atoms with van der Waals surface area (Å²) in [5.74, 6) is 0.832. The minimum atomic E-state index is -0.252. The zero-order chi connectivity index (χ0) is 19.5. The van der Waals surface area contributed by atoms with E-state index in [1.165, 1.54) is 7.11 Å². The summed E-state index contributed by atoms with van der Waals surface area (Å²) < 4.78 is 11.6. The lowest BCUT2D eigenvalue weighted by molar-refractivity contribution is 0.102. The largest absolute Gasteiger partial charge is 0.497 e. The average Bonchev–Trinajstić information content (AvgIpc) is 3.18. The van der Waals surface area contributed by atoms with E-state index < -0.39 is 0 Å². The number of pyridine rings is 1. The molecule has 1 N–H and O–H groups in total. The number of carbonyl (C=O) groups is 1. The molecule has 2 aromatic carbocycles. The minimum absolute atomic E-state index is 0.252. The van der Waals surface area contributed by atoms with Gasteiger partial charge in [0.15, 0.2) is 0 Å². The Morgan fingerprint density at radius 2 is 1.86 bits per heavy atom. The molecular weight excluding hydrogens is 374 g/mol. The van der Waals surface area contributed by atoms with Crippen LogP contribution in [0.25, 0.3) is 20.8 Å². The summed E-state index contributed by atoms with van der Waals surface area (Å²) >= 11 is 1.61. The van der Waals surface area contributed by atoms with Crippen LogP contribution in [0.1, 0.15) is 10.4 Å². The number of aromatic nitrogens is 2. The Bertz CT molecular complexity index is 1110. The zero-order valence-electron chi connectivity index (χ0n) is 15.3. The first-order valence-corrected chi connectivity index (χ1v) is 9.34. The van der Waals surface area contributed by atoms with E-state index in [-0.39, 0.29) is 5.91 Å². The molecule has 0 bridgehead atoms. The number of anilines is 1. The maximum atomic E-state index is 12.6. The summed E-state index contributed by atoms with van der Waals surface area (Å²) in [6.07, 6.45) is 3.52. The SMILES string of the molecule is COc1ccc(C(=O)Nc2ccc(-c3nc4cnccc4s3)cc2)c(OC)c1. The van der Waals surface area contributed by atoms with E-state index in [2.05, 4.69) is 15.3 Å². The normalized spacial score (nSPS) is 10.6. The monoisotopic (exact) mass is 391 g/mol. The van der Waals surface area contributed by atoms with Gasteiger partial charge in [-0.15, -0.1) is 11.3 Å². The number of rotatable bonds is 5. The van der Waals surface area contributed by atoms with Crippen LogP contribution in [0.2, 0.25) is 0 Å². The summed E-state index contributed by atoms with van der Waals surface area (Å²) in [5, 5.41) is 3.80. The molecule has 0 aliphatic carbocycles. The van der Waals surface area contributed by atoms with Crippen LogP contribution >= 0.6 is 11.3 Å². The van der Waals surface area contributed by atoms with Crippen LogP contribution in [0.4, 0.5) is 5.69 Å². The predicted octanol–water partition coefficient (Wildman–Crippen LogP) is 4.63. The lowest BCUT2D eigenvalue weighted by Crippen LogP contribution is -2.13. The Balaban J connectivity index is 1.54. The molecule has 2 heterocycles. The second kappa shape index (κ2) is 7.66. The van der Waals surface area contributed by atoms with Crippen molar-refractivity contribution in [3.8, 4) is 22.1 Å². The van der Waals surface area contributed by atoms with E-state index in [0.29, 0.717) is 22.7 Å². The van der Waals surface area contributed by atoms with Gasteiger partial charge in [0.25, 0.3) is 5.91 Å². The van der Waals surface area contributed by atoms with Crippen molar-refractivity contribution >= 4 is 33.1 Å². The van der Waals surface area contributed by atoms with Gasteiger partial charge in [0, 0.05) is 23.5 Å². The standard InChI is InChI=1S/C21H17N3O3S/c1-26-15-7-8-16(18(11-15)27-2)20(25)23-14-5-3-13(4-6-14)21-24-17-12-22-10-9-19(17)28-21/h3-12H,1-2H3,(H,23,25). The van der Waals surface area contributed by atoms with Gasteiger partial charge in [-0.1, -0.05) is 0 Å². The fourth-order valence-electron chi connectivity index (χ4n) is 2.78. The molecule has 28 heavy (non-hydrogen) atoms. The Morgan fingerprint density at radius 1 is 1.04 bits per heavy atom. The number of thiazole rings is 1. The number of nitrogens with zero attached hydrogens (tertiary/aromatic N) is 2. The lowest BCUT2D eigenvalue weighted by Gasteiger charge is -2.11. The predicted molar refractivity (Wildman–Crippen MR) is 110 cm³/mol. The topological polar surface area (TPSA) is 73.3 Å². The second-order valence-corrected chi connectivity index (χ2v) is 6.99. The Morgan fingerprint density at radius 3 is 2.57 bits per heavy atom. The van der Waals surface area contributed by atoms with Gasteiger partial charge in [-0.25, -0.2) is 4.98 Å². The third-order valence-corrected chi connectivity index (χ3v) is 5.32. The van der Waals surface area contributed by atoms with Gasteiger partial charge >= 0.3 is 0 Å². The van der Waals surface area contributed by atoms with Crippen molar-refractivity contribution in [3.05, 3.63) is 66.5 Å². The van der Waals surface area contributed by atoms with E-state index in [0.717, 1.165) is 20.8 Å². The highest BCUT2D eigenvalue weighted by Crippen LogP contribution is 2.30. The first-order valence-electron chi connectivity index (χ1n) is 8.52. The first kappa shape index (κ1) is 17.9. The van der Waals surface area contributed by atoms with Crippen molar-refractivity contribution in [1.29, 1.82) is 0 Å². The number of carbonyl (C=O) groups excluding carboxylic acids is 1. The van der Waals surface area contributed by atoms with Crippen LogP contribution in [0.5, 0.6) is 11.5 Å². The van der Waals surface area contributed by atoms with Crippen LogP contribution in [0.3, 0.4) is 0 Å². The molecule has 2 aromatic heterocycles. The summed E-state index contributed by atoms with van der Waals surface area (Å²) in [5.41, 5.74) is 2.99. The molecule has 0 spiro atoms. The van der Waals surface area contributed by atoms with Crippen LogP contribution in [0, 0.1) is 0 Å². The van der Waals surface area contributed by atoms with Gasteiger partial charge in [0.2, 0.25) is 0 Å². The van der Waals surface area contributed by atoms with Crippen molar-refractivity contribution in [1.82, 2.24) is 9.97 Å². The van der Waals surface area contributed by atoms with E-state index >= 15 is 0 Å². The quantitative estimate of drug-likeness (QED) is 0.537. The molecule has 0 unspecified atom stereocenters. The number of ether oxygens (including phenoxy) is 2. The molecule has 7 heteroatoms. The zero-order valence-corrected chi connectivity index (χ0v) is 16.1. The number of fused-ring (bicyclic) bond motifs is 1. The number of amides is 1. The molecule has 0 atom stereocenters. The molecule has 0 saturated heterocycles. The molecule has 0 aliphatic rings. The number of hydrogen-bond acceptors (Lipinski definition) is 6. The van der Waals surface area contributed by atoms with Crippen LogP contribution in [-0.2, 0) is 0 Å². The molecule has 4 rings (SSSR count). The molecule has 140 valence electrons. The number of nitrogens with one attached hydrogen (secondary N) is 1. The van der Waals surface area contributed by atoms with E-state index in [4.69, 9.17) is 9.47 Å². The van der Waals surface area contributed by atoms with E-state index in [1.54, 1.807) is 49.0 Å². The molecule has 4 aromatic rings. The van der Waals surface area contributed by atoms with Gasteiger partial charge in [-0.2, -0.15) is 0 Å². The van der Waals surface area contributed by atoms with E-state index in [1.807, 2.05) is 30.3 Å². The third kappa shape index (κ3) is 3.52. The highest BCUT2D eigenvalue weighted by molar-refractivity contribution is 7.21. The second-order valence-electron chi connectivity index (χ2n) is 5.96. The number of hydrogen-bond donors (Lipinski definition) is 1. The fourth-order valence-corrected chi connectivity index (χ4v) is 3.72. The Hall–Kier alpha value is -3.45. The fraction of sp³-hybridized carbons (Fsp3) is 0.0952. The maximum Gasteiger partial charge on any atom is 0.259 e. The maximum absolute atomic E-state index is 12.6. The van der Waals surface area contributed by atoms with Crippen molar-refractivity contribution in [3.63, 3.8) is 0 Å². The highest BCUT2D eigenvalue weighted by Gasteiger charge is 2.14. The van der Waals surface area contributed by atoms with Gasteiger partial charge in [-0.05, 0) is 42.5 Å². The lowest BCUT2D eigenvalue weighted by atomic mass is 10.1. The summed E-state index contributed by atoms with van der Waals surface area (Å²) in [4.78, 5) is 21.3. The molecule has 0 saturated carbocycles. The summed E-state index contributed by atoms with van der Waals surface area (Å²) in [6, 6.07) is 14.6. The van der Waals surface area contributed by atoms with Crippen molar-refractivity contribution in [2.45, 2.75) is 0 Å². The summed E-state index contributed by atoms with van der Waals surface area (Å²) in [6.45, 7) is 0. The van der Waals surface area contributed by atoms with Gasteiger partial charge in [0.05, 0.1) is 30.7 Å². The number of benzene rings is 2. The molecule has 0 aliphatic heterocycles. The van der Waals surface area contributed by atoms with Gasteiger partial charge in [-0.3, -0.25) is 9.78 Å². The average molecular weight is 391 g/mol. The molecule has 0 fully saturated rings. The van der Waals surface area contributed by atoms with Crippen LogP contribution in [0.15, 0.2) is 60.9 Å². The smallest absolute Gasteiger partial charge is 0.259 e. The van der Waals surface area contributed by atoms with Gasteiger partial charge < -0.3 is 14.8 Å². The first-order chi connectivity index (χ1) is 13.7.